The molecule has 4 rings (SSSR count). The lowest BCUT2D eigenvalue weighted by Crippen LogP contribution is -2.22. The number of nitriles is 1. The van der Waals surface area contributed by atoms with Crippen molar-refractivity contribution < 1.29 is 15.3 Å². The Morgan fingerprint density at radius 2 is 0.558 bits per heavy atom. The topological polar surface area (TPSA) is 84.5 Å². The molecule has 4 aliphatic carbocycles. The number of hydrogen-bond donors (Lipinski definition) is 3. The number of allylic oxidation sites excluding steroid dienone is 5. The van der Waals surface area contributed by atoms with Crippen LogP contribution in [0.4, 0.5) is 0 Å². The summed E-state index contributed by atoms with van der Waals surface area (Å²) in [7, 11) is 0. The summed E-state index contributed by atoms with van der Waals surface area (Å²) < 4.78 is 0. The summed E-state index contributed by atoms with van der Waals surface area (Å²) in [6, 6.07) is 2.41. The van der Waals surface area contributed by atoms with Crippen LogP contribution in [0.2, 0.25) is 0 Å². The summed E-state index contributed by atoms with van der Waals surface area (Å²) >= 11 is 0. The van der Waals surface area contributed by atoms with E-state index in [-0.39, 0.29) is 24.2 Å². The van der Waals surface area contributed by atoms with E-state index < -0.39 is 0 Å². The van der Waals surface area contributed by atoms with Gasteiger partial charge in [0.1, 0.15) is 0 Å². The minimum Gasteiger partial charge on any atom is -0.393 e. The lowest BCUT2D eigenvalue weighted by atomic mass is 9.76. The van der Waals surface area contributed by atoms with E-state index in [4.69, 9.17) is 5.26 Å². The summed E-state index contributed by atoms with van der Waals surface area (Å²) in [6.45, 7) is 69.7. The third-order valence-corrected chi connectivity index (χ3v) is 12.2. The Balaban J connectivity index is -0.000000120. The molecule has 0 aromatic rings. The van der Waals surface area contributed by atoms with Crippen LogP contribution in [0.1, 0.15) is 350 Å². The standard InChI is InChI=1S/C13H21N.3C12H22O.8C3H8/c1-9(2)12-6-5-11(8-14)7-13(12)10(3)4;1-8(2)11-6-5-10(13)7-12(11)9(3)4;2*1-8(2)10-6-5-7-11(13)12(10)9(3)4;8*1-3-2/h9-11H,5-7H2,1-4H3;8-10,13H,5-7H2,1-4H3;2*8-9,11,13H,5-7H2,1-4H3;8*3H2,1-2H3. The number of rotatable bonds is 8. The molecule has 4 atom stereocenters. The first-order valence-corrected chi connectivity index (χ1v) is 33.3. The first-order valence-electron chi connectivity index (χ1n) is 33.3. The number of hydrogen-bond acceptors (Lipinski definition) is 4. The Kier molecular flexibility index (Phi) is 75.7. The van der Waals surface area contributed by atoms with Crippen molar-refractivity contribution in [2.45, 2.75) is 368 Å². The zero-order valence-electron chi connectivity index (χ0n) is 59.4. The second-order valence-electron chi connectivity index (χ2n) is 24.7. The smallest absolute Gasteiger partial charge is 0.0755 e. The van der Waals surface area contributed by atoms with Crippen LogP contribution in [0.25, 0.3) is 0 Å². The van der Waals surface area contributed by atoms with Gasteiger partial charge in [-0.3, -0.25) is 0 Å². The highest BCUT2D eigenvalue weighted by atomic mass is 16.3. The molecule has 4 heteroatoms. The van der Waals surface area contributed by atoms with Crippen molar-refractivity contribution in [3.8, 4) is 6.07 Å². The molecule has 0 amide bonds. The van der Waals surface area contributed by atoms with Crippen molar-refractivity contribution in [1.82, 2.24) is 0 Å². The van der Waals surface area contributed by atoms with Gasteiger partial charge in [-0.15, -0.1) is 0 Å². The maximum atomic E-state index is 9.90. The fourth-order valence-electron chi connectivity index (χ4n) is 9.36. The molecule has 0 aliphatic heterocycles. The monoisotopic (exact) mass is 1090 g/mol. The summed E-state index contributed by atoms with van der Waals surface area (Å²) in [5.74, 6) is 5.03. The van der Waals surface area contributed by atoms with Gasteiger partial charge in [0.25, 0.3) is 0 Å². The molecule has 0 aromatic carbocycles. The van der Waals surface area contributed by atoms with E-state index in [2.05, 4.69) is 228 Å². The van der Waals surface area contributed by atoms with Crippen molar-refractivity contribution >= 4 is 0 Å². The highest BCUT2D eigenvalue weighted by Crippen LogP contribution is 2.38. The zero-order valence-corrected chi connectivity index (χ0v) is 59.4. The molecule has 0 heterocycles. The molecule has 3 N–H and O–H groups in total. The van der Waals surface area contributed by atoms with Gasteiger partial charge in [0, 0.05) is 0 Å². The van der Waals surface area contributed by atoms with E-state index in [0.29, 0.717) is 47.3 Å². The second-order valence-corrected chi connectivity index (χ2v) is 24.7. The molecule has 77 heavy (non-hydrogen) atoms. The van der Waals surface area contributed by atoms with Crippen LogP contribution in [-0.4, -0.2) is 33.6 Å². The normalized spacial score (nSPS) is 18.6. The van der Waals surface area contributed by atoms with Crippen molar-refractivity contribution in [2.24, 2.45) is 53.3 Å². The van der Waals surface area contributed by atoms with Gasteiger partial charge in [0.2, 0.25) is 0 Å². The fraction of sp³-hybridized carbons (Fsp3) is 0.877. The van der Waals surface area contributed by atoms with Gasteiger partial charge in [-0.1, -0.05) is 306 Å². The minimum atomic E-state index is -0.161. The van der Waals surface area contributed by atoms with Crippen molar-refractivity contribution in [3.63, 3.8) is 0 Å². The number of aliphatic hydroxyl groups is 3. The lowest BCUT2D eigenvalue weighted by Gasteiger charge is -2.30. The van der Waals surface area contributed by atoms with Gasteiger partial charge in [-0.2, -0.15) is 5.26 Å². The van der Waals surface area contributed by atoms with E-state index in [1.165, 1.54) is 92.1 Å². The van der Waals surface area contributed by atoms with Crippen molar-refractivity contribution in [3.05, 3.63) is 44.6 Å². The third-order valence-electron chi connectivity index (χ3n) is 12.2. The first kappa shape index (κ1) is 91.8. The first-order chi connectivity index (χ1) is 36.0. The quantitative estimate of drug-likeness (QED) is 0.212. The average molecular weight is 1090 g/mol. The predicted octanol–water partition coefficient (Wildman–Crippen LogP) is 24.7. The van der Waals surface area contributed by atoms with Gasteiger partial charge in [0.15, 0.2) is 0 Å². The molecule has 0 fully saturated rings. The van der Waals surface area contributed by atoms with E-state index in [0.717, 1.165) is 64.2 Å². The number of nitrogens with zero attached hydrogens (tertiary/aromatic N) is 1. The Hall–Kier alpha value is -1.67. The van der Waals surface area contributed by atoms with Crippen LogP contribution in [0.15, 0.2) is 44.6 Å². The fourth-order valence-corrected chi connectivity index (χ4v) is 9.36. The third kappa shape index (κ3) is 52.2. The molecule has 0 aromatic heterocycles. The van der Waals surface area contributed by atoms with E-state index in [9.17, 15) is 15.3 Å². The summed E-state index contributed by atoms with van der Waals surface area (Å²) in [6.07, 6.45) is 22.4. The second kappa shape index (κ2) is 63.5. The molecular weight excluding hydrogens is 939 g/mol. The maximum Gasteiger partial charge on any atom is 0.0755 e. The maximum absolute atomic E-state index is 9.90. The molecule has 0 saturated carbocycles. The molecule has 4 nitrogen and oxygen atoms in total. The van der Waals surface area contributed by atoms with Crippen molar-refractivity contribution in [2.75, 3.05) is 0 Å². The van der Waals surface area contributed by atoms with E-state index in [1.807, 2.05) is 0 Å². The Labute approximate surface area is 490 Å². The Bertz CT molecular complexity index is 1320. The van der Waals surface area contributed by atoms with Crippen LogP contribution in [-0.2, 0) is 0 Å². The van der Waals surface area contributed by atoms with Gasteiger partial charge >= 0.3 is 0 Å². The predicted molar refractivity (Wildman–Crippen MR) is 357 cm³/mol. The lowest BCUT2D eigenvalue weighted by molar-refractivity contribution is 0.153. The molecule has 0 spiro atoms. The van der Waals surface area contributed by atoms with Crippen LogP contribution in [0.3, 0.4) is 0 Å². The highest BCUT2D eigenvalue weighted by molar-refractivity contribution is 5.26. The molecule has 0 radical (unpaired) electrons. The van der Waals surface area contributed by atoms with Crippen LogP contribution >= 0.6 is 0 Å². The minimum absolute atomic E-state index is 0.0834. The van der Waals surface area contributed by atoms with E-state index in [1.54, 1.807) is 16.7 Å². The Morgan fingerprint density at radius 1 is 0.325 bits per heavy atom. The van der Waals surface area contributed by atoms with Gasteiger partial charge in [0.05, 0.1) is 30.3 Å². The van der Waals surface area contributed by atoms with Crippen LogP contribution in [0, 0.1) is 64.6 Å². The number of aliphatic hydroxyl groups excluding tert-OH is 3. The van der Waals surface area contributed by atoms with Crippen LogP contribution < -0.4 is 0 Å². The average Bonchev–Trinajstić information content (AvgIpc) is 3.33. The molecule has 0 saturated heterocycles. The summed E-state index contributed by atoms with van der Waals surface area (Å²) in [5, 5.41) is 38.3. The van der Waals surface area contributed by atoms with Crippen LogP contribution in [0.5, 0.6) is 0 Å². The summed E-state index contributed by atoms with van der Waals surface area (Å²) in [5.41, 5.74) is 11.9. The highest BCUT2D eigenvalue weighted by Gasteiger charge is 2.27. The van der Waals surface area contributed by atoms with Gasteiger partial charge in [-0.25, -0.2) is 0 Å². The largest absolute Gasteiger partial charge is 0.393 e. The molecule has 466 valence electrons. The van der Waals surface area contributed by atoms with Crippen molar-refractivity contribution in [1.29, 1.82) is 5.26 Å². The molecule has 4 aliphatic rings. The van der Waals surface area contributed by atoms with Gasteiger partial charge in [-0.05, 0) is 136 Å². The SMILES string of the molecule is CC(C)C1=C(C(C)C)C(O)CCC1.CC(C)C1=C(C(C)C)C(O)CCC1.CC(C)C1=C(C(C)C)CC(C#N)CC1.CC(C)C1=C(C(C)C)CC(O)CC1.CCC.CCC.CCC.CCC.CCC.CCC.CCC.CCC. The Morgan fingerprint density at radius 3 is 0.766 bits per heavy atom. The molecule has 4 unspecified atom stereocenters. The molecule has 0 bridgehead atoms. The summed E-state index contributed by atoms with van der Waals surface area (Å²) in [4.78, 5) is 0. The van der Waals surface area contributed by atoms with E-state index >= 15 is 0 Å². The zero-order chi connectivity index (χ0) is 62.4. The molecular formula is C73H151NO3. The van der Waals surface area contributed by atoms with Gasteiger partial charge < -0.3 is 15.3 Å².